The quantitative estimate of drug-likeness (QED) is 0.641. The van der Waals surface area contributed by atoms with Crippen molar-refractivity contribution >= 4 is 35.2 Å². The second kappa shape index (κ2) is 5.31. The standard InChI is InChI=1S/C15H10ClNO2S/c16-10-5-7-11(8-6-10)20-9-17-14(18)12-3-1-2-4-13(12)15(17)19/h1-8H,9H2. The molecule has 0 radical (unpaired) electrons. The molecule has 0 aliphatic carbocycles. The average Bonchev–Trinajstić information content (AvgIpc) is 2.71. The Hall–Kier alpha value is -1.78. The van der Waals surface area contributed by atoms with E-state index in [9.17, 15) is 9.59 Å². The SMILES string of the molecule is O=C1c2ccccc2C(=O)N1CSc1ccc(Cl)cc1. The first-order valence-electron chi connectivity index (χ1n) is 6.00. The lowest BCUT2D eigenvalue weighted by molar-refractivity contribution is 0.0684. The topological polar surface area (TPSA) is 37.4 Å². The predicted octanol–water partition coefficient (Wildman–Crippen LogP) is 3.69. The molecule has 0 saturated carbocycles. The number of nitrogens with zero attached hydrogens (tertiary/aromatic N) is 1. The Balaban J connectivity index is 1.75. The van der Waals surface area contributed by atoms with Crippen LogP contribution in [-0.4, -0.2) is 22.6 Å². The number of amides is 2. The molecular formula is C15H10ClNO2S. The van der Waals surface area contributed by atoms with Crippen LogP contribution >= 0.6 is 23.4 Å². The third-order valence-corrected chi connectivity index (χ3v) is 4.30. The van der Waals surface area contributed by atoms with Gasteiger partial charge >= 0.3 is 0 Å². The summed E-state index contributed by atoms with van der Waals surface area (Å²) in [5.41, 5.74) is 0.961. The van der Waals surface area contributed by atoms with Crippen molar-refractivity contribution in [1.82, 2.24) is 4.90 Å². The van der Waals surface area contributed by atoms with Gasteiger partial charge in [-0.2, -0.15) is 0 Å². The monoisotopic (exact) mass is 303 g/mol. The number of rotatable bonds is 3. The number of halogens is 1. The summed E-state index contributed by atoms with van der Waals surface area (Å²) in [5, 5.41) is 0.662. The zero-order valence-electron chi connectivity index (χ0n) is 10.4. The number of thioether (sulfide) groups is 1. The fourth-order valence-corrected chi connectivity index (χ4v) is 2.99. The molecule has 0 atom stereocenters. The molecule has 0 fully saturated rings. The van der Waals surface area contributed by atoms with Crippen LogP contribution in [0.4, 0.5) is 0 Å². The van der Waals surface area contributed by atoms with E-state index >= 15 is 0 Å². The van der Waals surface area contributed by atoms with E-state index in [1.165, 1.54) is 16.7 Å². The molecule has 5 heteroatoms. The van der Waals surface area contributed by atoms with E-state index in [1.54, 1.807) is 36.4 Å². The van der Waals surface area contributed by atoms with Gasteiger partial charge in [-0.25, -0.2) is 0 Å². The molecule has 0 N–H and O–H groups in total. The Morgan fingerprint density at radius 3 is 2.00 bits per heavy atom. The van der Waals surface area contributed by atoms with Crippen molar-refractivity contribution in [3.8, 4) is 0 Å². The van der Waals surface area contributed by atoms with Crippen LogP contribution in [0.25, 0.3) is 0 Å². The van der Waals surface area contributed by atoms with Gasteiger partial charge in [0.05, 0.1) is 17.0 Å². The predicted molar refractivity (Wildman–Crippen MR) is 79.1 cm³/mol. The number of carbonyl (C=O) groups excluding carboxylic acids is 2. The van der Waals surface area contributed by atoms with Crippen molar-refractivity contribution in [1.29, 1.82) is 0 Å². The van der Waals surface area contributed by atoms with Gasteiger partial charge in [0, 0.05) is 9.92 Å². The zero-order chi connectivity index (χ0) is 14.1. The molecular weight excluding hydrogens is 294 g/mol. The molecule has 20 heavy (non-hydrogen) atoms. The maximum Gasteiger partial charge on any atom is 0.262 e. The summed E-state index contributed by atoms with van der Waals surface area (Å²) in [4.78, 5) is 26.5. The fourth-order valence-electron chi connectivity index (χ4n) is 2.03. The summed E-state index contributed by atoms with van der Waals surface area (Å²) in [7, 11) is 0. The Morgan fingerprint density at radius 1 is 0.900 bits per heavy atom. The van der Waals surface area contributed by atoms with Crippen LogP contribution in [-0.2, 0) is 0 Å². The zero-order valence-corrected chi connectivity index (χ0v) is 11.9. The second-order valence-corrected chi connectivity index (χ2v) is 5.77. The first-order valence-corrected chi connectivity index (χ1v) is 7.37. The molecule has 0 bridgehead atoms. The second-order valence-electron chi connectivity index (χ2n) is 4.31. The summed E-state index contributed by atoms with van der Waals surface area (Å²) < 4.78 is 0. The Labute approximate surface area is 125 Å². The number of fused-ring (bicyclic) bond motifs is 1. The molecule has 1 aliphatic heterocycles. The number of carbonyl (C=O) groups is 2. The van der Waals surface area contributed by atoms with Gasteiger partial charge in [-0.1, -0.05) is 23.7 Å². The summed E-state index contributed by atoms with van der Waals surface area (Å²) in [6.07, 6.45) is 0. The Bertz CT molecular complexity index is 650. The minimum absolute atomic E-state index is 0.230. The van der Waals surface area contributed by atoms with Crippen molar-refractivity contribution in [2.75, 3.05) is 5.88 Å². The summed E-state index contributed by atoms with van der Waals surface area (Å²) in [6, 6.07) is 14.2. The lowest BCUT2D eigenvalue weighted by atomic mass is 10.1. The number of hydrogen-bond acceptors (Lipinski definition) is 3. The first kappa shape index (κ1) is 13.2. The lowest BCUT2D eigenvalue weighted by Gasteiger charge is -2.13. The van der Waals surface area contributed by atoms with Crippen LogP contribution in [0, 0.1) is 0 Å². The van der Waals surface area contributed by atoms with E-state index in [2.05, 4.69) is 0 Å². The minimum Gasteiger partial charge on any atom is -0.269 e. The number of benzene rings is 2. The maximum absolute atomic E-state index is 12.2. The van der Waals surface area contributed by atoms with E-state index in [1.807, 2.05) is 12.1 Å². The van der Waals surface area contributed by atoms with Gasteiger partial charge in [0.15, 0.2) is 0 Å². The van der Waals surface area contributed by atoms with Crippen molar-refractivity contribution in [2.45, 2.75) is 4.90 Å². The Morgan fingerprint density at radius 2 is 1.45 bits per heavy atom. The van der Waals surface area contributed by atoms with E-state index < -0.39 is 0 Å². The van der Waals surface area contributed by atoms with Crippen molar-refractivity contribution < 1.29 is 9.59 Å². The lowest BCUT2D eigenvalue weighted by Crippen LogP contribution is -2.29. The van der Waals surface area contributed by atoms with Crippen LogP contribution in [0.15, 0.2) is 53.4 Å². The van der Waals surface area contributed by atoms with Gasteiger partial charge in [-0.05, 0) is 36.4 Å². The molecule has 2 aromatic rings. The van der Waals surface area contributed by atoms with E-state index in [4.69, 9.17) is 11.6 Å². The van der Waals surface area contributed by atoms with Crippen LogP contribution < -0.4 is 0 Å². The van der Waals surface area contributed by atoms with Gasteiger partial charge in [0.1, 0.15) is 0 Å². The van der Waals surface area contributed by atoms with Gasteiger partial charge < -0.3 is 0 Å². The van der Waals surface area contributed by atoms with Crippen molar-refractivity contribution in [3.63, 3.8) is 0 Å². The van der Waals surface area contributed by atoms with Gasteiger partial charge in [-0.3, -0.25) is 14.5 Å². The van der Waals surface area contributed by atoms with Gasteiger partial charge in [-0.15, -0.1) is 11.8 Å². The third-order valence-electron chi connectivity index (χ3n) is 3.05. The van der Waals surface area contributed by atoms with Crippen LogP contribution in [0.2, 0.25) is 5.02 Å². The maximum atomic E-state index is 12.2. The normalized spacial score (nSPS) is 13.8. The van der Waals surface area contributed by atoms with Crippen molar-refractivity contribution in [2.24, 2.45) is 0 Å². The molecule has 2 aromatic carbocycles. The summed E-state index contributed by atoms with van der Waals surface area (Å²) in [5.74, 6) is -0.160. The van der Waals surface area contributed by atoms with Gasteiger partial charge in [0.2, 0.25) is 0 Å². The molecule has 0 spiro atoms. The third kappa shape index (κ3) is 2.32. The van der Waals surface area contributed by atoms with E-state index in [0.29, 0.717) is 22.0 Å². The molecule has 3 nitrogen and oxygen atoms in total. The highest BCUT2D eigenvalue weighted by atomic mass is 35.5. The number of hydrogen-bond donors (Lipinski definition) is 0. The molecule has 0 aromatic heterocycles. The van der Waals surface area contributed by atoms with Crippen molar-refractivity contribution in [3.05, 3.63) is 64.7 Å². The summed E-state index contributed by atoms with van der Waals surface area (Å²) in [6.45, 7) is 0. The highest BCUT2D eigenvalue weighted by Gasteiger charge is 2.34. The minimum atomic E-state index is -0.230. The molecule has 2 amide bonds. The largest absolute Gasteiger partial charge is 0.269 e. The molecule has 0 saturated heterocycles. The first-order chi connectivity index (χ1) is 9.66. The average molecular weight is 304 g/mol. The molecule has 3 rings (SSSR count). The highest BCUT2D eigenvalue weighted by molar-refractivity contribution is 7.99. The van der Waals surface area contributed by atoms with Crippen LogP contribution in [0.1, 0.15) is 20.7 Å². The fraction of sp³-hybridized carbons (Fsp3) is 0.0667. The molecule has 0 unspecified atom stereocenters. The van der Waals surface area contributed by atoms with Crippen LogP contribution in [0.3, 0.4) is 0 Å². The van der Waals surface area contributed by atoms with E-state index in [-0.39, 0.29) is 11.8 Å². The number of imide groups is 1. The molecule has 1 aliphatic rings. The Kier molecular flexibility index (Phi) is 3.51. The highest BCUT2D eigenvalue weighted by Crippen LogP contribution is 2.27. The molecule has 1 heterocycles. The van der Waals surface area contributed by atoms with Crippen LogP contribution in [0.5, 0.6) is 0 Å². The summed E-state index contributed by atoms with van der Waals surface area (Å²) >= 11 is 7.25. The van der Waals surface area contributed by atoms with Gasteiger partial charge in [0.25, 0.3) is 11.8 Å². The smallest absolute Gasteiger partial charge is 0.262 e. The van der Waals surface area contributed by atoms with E-state index in [0.717, 1.165) is 4.90 Å². The molecule has 100 valence electrons.